The Kier molecular flexibility index (Phi) is 1.17. The Morgan fingerprint density at radius 1 is 1.38 bits per heavy atom. The Morgan fingerprint density at radius 3 is 2.77 bits per heavy atom. The average molecular weight is 178 g/mol. The van der Waals surface area contributed by atoms with Crippen LogP contribution in [0.5, 0.6) is 0 Å². The van der Waals surface area contributed by atoms with Gasteiger partial charge in [0.05, 0.1) is 5.92 Å². The largest absolute Gasteiger partial charge is 0.459 e. The van der Waals surface area contributed by atoms with Gasteiger partial charge in [0, 0.05) is 5.92 Å². The summed E-state index contributed by atoms with van der Waals surface area (Å²) in [4.78, 5) is 11.6. The molecule has 3 rings (SSSR count). The normalized spacial score (nSPS) is 49.5. The number of ether oxygens (including phenoxy) is 1. The lowest BCUT2D eigenvalue weighted by Crippen LogP contribution is -2.32. The van der Waals surface area contributed by atoms with Crippen LogP contribution in [-0.2, 0) is 9.53 Å². The lowest BCUT2D eigenvalue weighted by molar-refractivity contribution is -0.149. The van der Waals surface area contributed by atoms with Gasteiger partial charge in [0.1, 0.15) is 5.60 Å². The molecular formula is C11H14O2. The number of carbonyl (C=O) groups is 1. The summed E-state index contributed by atoms with van der Waals surface area (Å²) in [6.45, 7) is 4.09. The second-order valence-electron chi connectivity index (χ2n) is 5.02. The molecule has 1 heterocycles. The van der Waals surface area contributed by atoms with Crippen LogP contribution in [0.2, 0.25) is 0 Å². The monoisotopic (exact) mass is 178 g/mol. The molecule has 0 aromatic rings. The summed E-state index contributed by atoms with van der Waals surface area (Å²) in [5.41, 5.74) is -0.230. The molecular weight excluding hydrogens is 164 g/mol. The summed E-state index contributed by atoms with van der Waals surface area (Å²) in [7, 11) is 0. The van der Waals surface area contributed by atoms with E-state index < -0.39 is 0 Å². The smallest absolute Gasteiger partial charge is 0.310 e. The number of hydrogen-bond donors (Lipinski definition) is 0. The minimum Gasteiger partial charge on any atom is -0.459 e. The number of allylic oxidation sites excluding steroid dienone is 2. The summed E-state index contributed by atoms with van der Waals surface area (Å²) < 4.78 is 5.42. The summed E-state index contributed by atoms with van der Waals surface area (Å²) in [5, 5.41) is 0. The maximum Gasteiger partial charge on any atom is 0.310 e. The van der Waals surface area contributed by atoms with Gasteiger partial charge in [-0.25, -0.2) is 0 Å². The zero-order valence-corrected chi connectivity index (χ0v) is 7.99. The molecule has 0 unspecified atom stereocenters. The molecule has 2 aliphatic carbocycles. The van der Waals surface area contributed by atoms with Crippen LogP contribution < -0.4 is 0 Å². The van der Waals surface area contributed by atoms with E-state index in [-0.39, 0.29) is 17.5 Å². The predicted molar refractivity (Wildman–Crippen MR) is 47.9 cm³/mol. The lowest BCUT2D eigenvalue weighted by Gasteiger charge is -2.28. The van der Waals surface area contributed by atoms with Crippen LogP contribution in [0.4, 0.5) is 0 Å². The van der Waals surface area contributed by atoms with E-state index in [1.54, 1.807) is 0 Å². The van der Waals surface area contributed by atoms with Gasteiger partial charge in [-0.05, 0) is 32.1 Å². The van der Waals surface area contributed by atoms with Crippen molar-refractivity contribution in [2.45, 2.75) is 25.9 Å². The zero-order chi connectivity index (χ0) is 9.22. The number of hydrogen-bond acceptors (Lipinski definition) is 2. The average Bonchev–Trinajstić information content (AvgIpc) is 2.63. The topological polar surface area (TPSA) is 26.3 Å². The van der Waals surface area contributed by atoms with Crippen molar-refractivity contribution in [1.29, 1.82) is 0 Å². The van der Waals surface area contributed by atoms with E-state index >= 15 is 0 Å². The maximum absolute atomic E-state index is 11.6. The Hall–Kier alpha value is -0.790. The van der Waals surface area contributed by atoms with Crippen molar-refractivity contribution in [2.24, 2.45) is 23.7 Å². The fourth-order valence-electron chi connectivity index (χ4n) is 3.49. The molecule has 13 heavy (non-hydrogen) atoms. The van der Waals surface area contributed by atoms with E-state index in [1.165, 1.54) is 6.42 Å². The standard InChI is InChI=1S/C11H14O2/c1-11(2)9-7-4-3-6(5-7)8(9)10(12)13-11/h3-4,6-9H,5H2,1-2H3/t6-,7+,8-,9+/m1/s1. The molecule has 0 N–H and O–H groups in total. The minimum absolute atomic E-state index is 0.0341. The van der Waals surface area contributed by atoms with Gasteiger partial charge >= 0.3 is 5.97 Å². The summed E-state index contributed by atoms with van der Waals surface area (Å²) in [6, 6.07) is 0. The molecule has 0 aromatic heterocycles. The molecule has 0 spiro atoms. The molecule has 2 fully saturated rings. The van der Waals surface area contributed by atoms with Gasteiger partial charge in [-0.1, -0.05) is 12.2 Å². The third-order valence-corrected chi connectivity index (χ3v) is 3.90. The van der Waals surface area contributed by atoms with Crippen LogP contribution in [-0.4, -0.2) is 11.6 Å². The summed E-state index contributed by atoms with van der Waals surface area (Å²) in [5.74, 6) is 1.72. The second kappa shape index (κ2) is 1.99. The molecule has 0 amide bonds. The van der Waals surface area contributed by atoms with Gasteiger partial charge < -0.3 is 4.74 Å². The van der Waals surface area contributed by atoms with Crippen LogP contribution in [0.1, 0.15) is 20.3 Å². The lowest BCUT2D eigenvalue weighted by atomic mass is 9.76. The van der Waals surface area contributed by atoms with Gasteiger partial charge in [0.2, 0.25) is 0 Å². The summed E-state index contributed by atoms with van der Waals surface area (Å²) >= 11 is 0. The second-order valence-corrected chi connectivity index (χ2v) is 5.02. The van der Waals surface area contributed by atoms with Crippen molar-refractivity contribution in [3.8, 4) is 0 Å². The zero-order valence-electron chi connectivity index (χ0n) is 7.99. The van der Waals surface area contributed by atoms with Crippen LogP contribution in [0.3, 0.4) is 0 Å². The first kappa shape index (κ1) is 7.60. The van der Waals surface area contributed by atoms with E-state index in [2.05, 4.69) is 12.2 Å². The van der Waals surface area contributed by atoms with Gasteiger partial charge in [0.15, 0.2) is 0 Å². The highest BCUT2D eigenvalue weighted by Crippen LogP contribution is 2.57. The first-order chi connectivity index (χ1) is 6.09. The Morgan fingerprint density at radius 2 is 2.08 bits per heavy atom. The Balaban J connectivity index is 2.06. The van der Waals surface area contributed by atoms with Crippen molar-refractivity contribution in [3.05, 3.63) is 12.2 Å². The van der Waals surface area contributed by atoms with Crippen LogP contribution in [0.15, 0.2) is 12.2 Å². The van der Waals surface area contributed by atoms with Gasteiger partial charge in [-0.2, -0.15) is 0 Å². The van der Waals surface area contributed by atoms with E-state index in [0.29, 0.717) is 17.8 Å². The molecule has 1 aliphatic heterocycles. The number of fused-ring (bicyclic) bond motifs is 5. The van der Waals surface area contributed by atoms with Crippen molar-refractivity contribution < 1.29 is 9.53 Å². The molecule has 1 saturated carbocycles. The number of esters is 1. The minimum atomic E-state index is -0.230. The van der Waals surface area contributed by atoms with Gasteiger partial charge in [0.25, 0.3) is 0 Å². The molecule has 3 aliphatic rings. The van der Waals surface area contributed by atoms with Crippen molar-refractivity contribution in [2.75, 3.05) is 0 Å². The summed E-state index contributed by atoms with van der Waals surface area (Å²) in [6.07, 6.45) is 5.65. The Bertz CT molecular complexity index is 303. The fraction of sp³-hybridized carbons (Fsp3) is 0.727. The third kappa shape index (κ3) is 0.767. The van der Waals surface area contributed by atoms with E-state index in [4.69, 9.17) is 4.74 Å². The SMILES string of the molecule is CC1(C)OC(=O)[C@H]2[C@@H]1[C@H]1C=C[C@@H]2C1. The van der Waals surface area contributed by atoms with E-state index in [0.717, 1.165) is 0 Å². The highest BCUT2D eigenvalue weighted by Gasteiger charge is 2.60. The molecule has 2 heteroatoms. The molecule has 1 saturated heterocycles. The number of carbonyl (C=O) groups excluding carboxylic acids is 1. The highest BCUT2D eigenvalue weighted by molar-refractivity contribution is 5.77. The highest BCUT2D eigenvalue weighted by atomic mass is 16.6. The molecule has 0 radical (unpaired) electrons. The first-order valence-electron chi connectivity index (χ1n) is 5.01. The fourth-order valence-corrected chi connectivity index (χ4v) is 3.49. The van der Waals surface area contributed by atoms with E-state index in [1.807, 2.05) is 13.8 Å². The van der Waals surface area contributed by atoms with Gasteiger partial charge in [-0.15, -0.1) is 0 Å². The van der Waals surface area contributed by atoms with Crippen LogP contribution in [0, 0.1) is 23.7 Å². The Labute approximate surface area is 78.0 Å². The quantitative estimate of drug-likeness (QED) is 0.417. The van der Waals surface area contributed by atoms with Crippen LogP contribution >= 0.6 is 0 Å². The van der Waals surface area contributed by atoms with Gasteiger partial charge in [-0.3, -0.25) is 4.79 Å². The molecule has 2 nitrogen and oxygen atoms in total. The van der Waals surface area contributed by atoms with Crippen molar-refractivity contribution >= 4 is 5.97 Å². The predicted octanol–water partition coefficient (Wildman–Crippen LogP) is 1.76. The number of cyclic esters (lactones) is 1. The van der Waals surface area contributed by atoms with Crippen LogP contribution in [0.25, 0.3) is 0 Å². The van der Waals surface area contributed by atoms with E-state index in [9.17, 15) is 4.79 Å². The third-order valence-electron chi connectivity index (χ3n) is 3.90. The van der Waals surface area contributed by atoms with Crippen molar-refractivity contribution in [3.63, 3.8) is 0 Å². The first-order valence-corrected chi connectivity index (χ1v) is 5.01. The molecule has 70 valence electrons. The maximum atomic E-state index is 11.6. The molecule has 2 bridgehead atoms. The molecule has 4 atom stereocenters. The number of rotatable bonds is 0. The molecule has 0 aromatic carbocycles. The van der Waals surface area contributed by atoms with Crippen molar-refractivity contribution in [1.82, 2.24) is 0 Å².